The first-order valence-corrected chi connectivity index (χ1v) is 8.99. The Morgan fingerprint density at radius 1 is 1.04 bits per heavy atom. The Hall–Kier alpha value is -2.79. The molecule has 0 spiro atoms. The van der Waals surface area contributed by atoms with Gasteiger partial charge >= 0.3 is 0 Å². The van der Waals surface area contributed by atoms with E-state index in [1.807, 2.05) is 73.7 Å². The number of fused-ring (bicyclic) bond motifs is 2. The van der Waals surface area contributed by atoms with E-state index in [2.05, 4.69) is 15.3 Å². The molecule has 0 aliphatic rings. The molecule has 3 aromatic carbocycles. The highest BCUT2D eigenvalue weighted by molar-refractivity contribution is 8.00. The van der Waals surface area contributed by atoms with Gasteiger partial charge < -0.3 is 10.3 Å². The van der Waals surface area contributed by atoms with E-state index in [4.69, 9.17) is 0 Å². The van der Waals surface area contributed by atoms with E-state index < -0.39 is 0 Å². The molecule has 4 rings (SSSR count). The fraction of sp³-hybridized carbons (Fsp3) is 0.100. The number of rotatable bonds is 4. The smallest absolute Gasteiger partial charge is 0.237 e. The molecule has 0 saturated carbocycles. The van der Waals surface area contributed by atoms with Crippen LogP contribution in [0.4, 0.5) is 5.69 Å². The van der Waals surface area contributed by atoms with E-state index in [-0.39, 0.29) is 11.2 Å². The number of aromatic amines is 1. The summed E-state index contributed by atoms with van der Waals surface area (Å²) < 4.78 is 0. The molecule has 0 radical (unpaired) electrons. The van der Waals surface area contributed by atoms with Crippen LogP contribution >= 0.6 is 11.8 Å². The molecule has 4 nitrogen and oxygen atoms in total. The maximum Gasteiger partial charge on any atom is 0.237 e. The van der Waals surface area contributed by atoms with Gasteiger partial charge in [-0.05, 0) is 30.5 Å². The molecule has 1 heterocycles. The second-order valence-corrected chi connectivity index (χ2v) is 7.16. The van der Waals surface area contributed by atoms with Gasteiger partial charge in [0.25, 0.3) is 0 Å². The molecule has 4 aromatic rings. The summed E-state index contributed by atoms with van der Waals surface area (Å²) in [5.41, 5.74) is 2.72. The molecular formula is C20H17N3OS. The largest absolute Gasteiger partial charge is 0.333 e. The van der Waals surface area contributed by atoms with Crippen molar-refractivity contribution in [3.8, 4) is 0 Å². The zero-order valence-electron chi connectivity index (χ0n) is 13.7. The highest BCUT2D eigenvalue weighted by Crippen LogP contribution is 2.26. The van der Waals surface area contributed by atoms with Crippen molar-refractivity contribution in [2.24, 2.45) is 0 Å². The average molecular weight is 347 g/mol. The Morgan fingerprint density at radius 3 is 2.68 bits per heavy atom. The summed E-state index contributed by atoms with van der Waals surface area (Å²) in [5.74, 6) is -0.0400. The zero-order chi connectivity index (χ0) is 17.2. The molecule has 0 aliphatic heterocycles. The van der Waals surface area contributed by atoms with E-state index in [1.54, 1.807) is 0 Å². The molecular weight excluding hydrogens is 330 g/mol. The number of carbonyl (C=O) groups excluding carboxylic acids is 1. The maximum atomic E-state index is 12.6. The Morgan fingerprint density at radius 2 is 1.80 bits per heavy atom. The van der Waals surface area contributed by atoms with Crippen molar-refractivity contribution >= 4 is 45.2 Å². The first kappa shape index (κ1) is 15.7. The fourth-order valence-corrected chi connectivity index (χ4v) is 3.60. The topological polar surface area (TPSA) is 57.8 Å². The van der Waals surface area contributed by atoms with Crippen molar-refractivity contribution in [2.45, 2.75) is 17.3 Å². The summed E-state index contributed by atoms with van der Waals surface area (Å²) in [6.07, 6.45) is 0. The van der Waals surface area contributed by atoms with Gasteiger partial charge in [-0.15, -0.1) is 0 Å². The molecule has 0 unspecified atom stereocenters. The normalized spacial score (nSPS) is 12.4. The number of nitrogens with zero attached hydrogens (tertiary/aromatic N) is 1. The van der Waals surface area contributed by atoms with E-state index in [9.17, 15) is 4.79 Å². The summed E-state index contributed by atoms with van der Waals surface area (Å²) in [7, 11) is 0. The number of imidazole rings is 1. The van der Waals surface area contributed by atoms with Crippen LogP contribution in [0.1, 0.15) is 6.92 Å². The molecule has 1 aromatic heterocycles. The molecule has 25 heavy (non-hydrogen) atoms. The predicted octanol–water partition coefficient (Wildman–Crippen LogP) is 4.84. The third kappa shape index (κ3) is 3.23. The lowest BCUT2D eigenvalue weighted by molar-refractivity contribution is -0.115. The summed E-state index contributed by atoms with van der Waals surface area (Å²) >= 11 is 1.42. The number of anilines is 1. The van der Waals surface area contributed by atoms with Gasteiger partial charge in [-0.2, -0.15) is 0 Å². The highest BCUT2D eigenvalue weighted by atomic mass is 32.2. The lowest BCUT2D eigenvalue weighted by Gasteiger charge is -2.12. The number of para-hydroxylation sites is 2. The summed E-state index contributed by atoms with van der Waals surface area (Å²) in [4.78, 5) is 20.4. The Bertz CT molecular complexity index is 1020. The lowest BCUT2D eigenvalue weighted by Crippen LogP contribution is -2.22. The molecule has 0 saturated heterocycles. The van der Waals surface area contributed by atoms with Crippen molar-refractivity contribution in [3.63, 3.8) is 0 Å². The van der Waals surface area contributed by atoms with Crippen LogP contribution in [-0.4, -0.2) is 21.1 Å². The molecule has 124 valence electrons. The number of H-pyrrole nitrogens is 1. The average Bonchev–Trinajstić information content (AvgIpc) is 3.04. The van der Waals surface area contributed by atoms with Crippen LogP contribution in [-0.2, 0) is 4.79 Å². The lowest BCUT2D eigenvalue weighted by atomic mass is 10.1. The third-order valence-corrected chi connectivity index (χ3v) is 5.06. The van der Waals surface area contributed by atoms with E-state index in [0.29, 0.717) is 0 Å². The van der Waals surface area contributed by atoms with Crippen LogP contribution in [0.2, 0.25) is 0 Å². The highest BCUT2D eigenvalue weighted by Gasteiger charge is 2.17. The van der Waals surface area contributed by atoms with Crippen molar-refractivity contribution in [1.82, 2.24) is 9.97 Å². The predicted molar refractivity (Wildman–Crippen MR) is 104 cm³/mol. The molecule has 0 fully saturated rings. The van der Waals surface area contributed by atoms with Crippen LogP contribution < -0.4 is 5.32 Å². The maximum absolute atomic E-state index is 12.6. The van der Waals surface area contributed by atoms with Crippen molar-refractivity contribution in [1.29, 1.82) is 0 Å². The second kappa shape index (κ2) is 6.61. The van der Waals surface area contributed by atoms with Crippen LogP contribution in [0, 0.1) is 0 Å². The molecule has 2 N–H and O–H groups in total. The Kier molecular flexibility index (Phi) is 4.15. The number of aromatic nitrogens is 2. The van der Waals surface area contributed by atoms with E-state index in [0.717, 1.165) is 32.6 Å². The zero-order valence-corrected chi connectivity index (χ0v) is 14.5. The SMILES string of the molecule is C[C@H](Sc1nc2ccccc2[nH]1)C(=O)Nc1cccc2ccccc12. The van der Waals surface area contributed by atoms with Gasteiger partial charge in [0, 0.05) is 11.1 Å². The summed E-state index contributed by atoms with van der Waals surface area (Å²) in [6.45, 7) is 1.89. The van der Waals surface area contributed by atoms with Crippen LogP contribution in [0.3, 0.4) is 0 Å². The molecule has 1 atom stereocenters. The van der Waals surface area contributed by atoms with E-state index >= 15 is 0 Å². The van der Waals surface area contributed by atoms with Crippen LogP contribution in [0.15, 0.2) is 71.9 Å². The van der Waals surface area contributed by atoms with E-state index in [1.165, 1.54) is 11.8 Å². The number of hydrogen-bond acceptors (Lipinski definition) is 3. The fourth-order valence-electron chi connectivity index (χ4n) is 2.77. The molecule has 5 heteroatoms. The molecule has 0 aliphatic carbocycles. The number of carbonyl (C=O) groups is 1. The van der Waals surface area contributed by atoms with Crippen LogP contribution in [0.25, 0.3) is 21.8 Å². The quantitative estimate of drug-likeness (QED) is 0.520. The van der Waals surface area contributed by atoms with Gasteiger partial charge in [-0.1, -0.05) is 60.3 Å². The van der Waals surface area contributed by atoms with Crippen molar-refractivity contribution in [3.05, 3.63) is 66.7 Å². The summed E-state index contributed by atoms with van der Waals surface area (Å²) in [5, 5.41) is 5.67. The van der Waals surface area contributed by atoms with Crippen molar-refractivity contribution < 1.29 is 4.79 Å². The number of benzene rings is 3. The van der Waals surface area contributed by atoms with Crippen molar-refractivity contribution in [2.75, 3.05) is 5.32 Å². The minimum absolute atomic E-state index is 0.0400. The first-order chi connectivity index (χ1) is 12.2. The van der Waals surface area contributed by atoms with Gasteiger partial charge in [-0.3, -0.25) is 4.79 Å². The van der Waals surface area contributed by atoms with Gasteiger partial charge in [0.05, 0.1) is 16.3 Å². The standard InChI is InChI=1S/C20H17N3OS/c1-13(25-20-22-17-10-4-5-11-18(17)23-20)19(24)21-16-12-6-8-14-7-2-3-9-15(14)16/h2-13H,1H3,(H,21,24)(H,22,23)/t13-/m0/s1. The Labute approximate surface area is 149 Å². The van der Waals surface area contributed by atoms with Gasteiger partial charge in [-0.25, -0.2) is 4.98 Å². The van der Waals surface area contributed by atoms with Gasteiger partial charge in [0.15, 0.2) is 5.16 Å². The van der Waals surface area contributed by atoms with Crippen LogP contribution in [0.5, 0.6) is 0 Å². The summed E-state index contributed by atoms with van der Waals surface area (Å²) in [6, 6.07) is 21.8. The minimum Gasteiger partial charge on any atom is -0.333 e. The Balaban J connectivity index is 1.52. The van der Waals surface area contributed by atoms with Gasteiger partial charge in [0.1, 0.15) is 0 Å². The second-order valence-electron chi connectivity index (χ2n) is 5.84. The molecule has 0 bridgehead atoms. The number of nitrogens with one attached hydrogen (secondary N) is 2. The first-order valence-electron chi connectivity index (χ1n) is 8.11. The van der Waals surface area contributed by atoms with Gasteiger partial charge in [0.2, 0.25) is 5.91 Å². The molecule has 1 amide bonds. The third-order valence-electron chi connectivity index (χ3n) is 4.07. The monoisotopic (exact) mass is 347 g/mol. The number of amides is 1. The number of hydrogen-bond donors (Lipinski definition) is 2. The minimum atomic E-state index is -0.264. The number of thioether (sulfide) groups is 1.